The van der Waals surface area contributed by atoms with Crippen LogP contribution in [0, 0.1) is 0 Å². The van der Waals surface area contributed by atoms with Gasteiger partial charge in [-0.15, -0.1) is 0 Å². The summed E-state index contributed by atoms with van der Waals surface area (Å²) in [5.74, 6) is 0. The fraction of sp³-hybridized carbons (Fsp3) is 1.00. The minimum Gasteiger partial charge on any atom is -0.385 e. The van der Waals surface area contributed by atoms with Gasteiger partial charge in [0, 0.05) is 24.0 Å². The van der Waals surface area contributed by atoms with Crippen LogP contribution >= 0.6 is 0 Å². The first-order chi connectivity index (χ1) is 3.41. The summed E-state index contributed by atoms with van der Waals surface area (Å²) in [7, 11) is 3.11. The predicted molar refractivity (Wildman–Crippen MR) is 35.9 cm³/mol. The second-order valence-corrected chi connectivity index (χ2v) is 2.70. The van der Waals surface area contributed by atoms with Gasteiger partial charge < -0.3 is 4.74 Å². The maximum absolute atomic E-state index is 4.86. The lowest BCUT2D eigenvalue weighted by atomic mass is 10.4. The van der Waals surface area contributed by atoms with Crippen molar-refractivity contribution in [2.75, 3.05) is 13.7 Å². The number of hydrogen-bond donors (Lipinski definition) is 0. The Kier molecular flexibility index (Phi) is 6.33. The van der Waals surface area contributed by atoms with Gasteiger partial charge in [0.1, 0.15) is 0 Å². The lowest BCUT2D eigenvalue weighted by Crippen LogP contribution is -1.86. The molecule has 0 aromatic carbocycles. The third-order valence-corrected chi connectivity index (χ3v) is 1.66. The third kappa shape index (κ3) is 6.18. The van der Waals surface area contributed by atoms with Crippen LogP contribution in [-0.4, -0.2) is 24.0 Å². The summed E-state index contributed by atoms with van der Waals surface area (Å²) in [5, 5.41) is 0. The Bertz CT molecular complexity index is 27.3. The molecule has 0 atom stereocenters. The smallest absolute Gasteiger partial charge is 0.0462 e. The molecule has 0 saturated carbocycles. The molecule has 2 heteroatoms. The molecule has 0 rings (SSSR count). The van der Waals surface area contributed by atoms with Gasteiger partial charge in [-0.3, -0.25) is 0 Å². The molecule has 0 unspecified atom stereocenters. The van der Waals surface area contributed by atoms with Crippen molar-refractivity contribution in [1.29, 1.82) is 0 Å². The average Bonchev–Trinajstić information content (AvgIpc) is 1.69. The lowest BCUT2D eigenvalue weighted by molar-refractivity contribution is 0.194. The Balaban J connectivity index is 2.45. The second-order valence-electron chi connectivity index (χ2n) is 1.70. The molecule has 0 aromatic heterocycles. The molecule has 7 heavy (non-hydrogen) atoms. The molecule has 0 fully saturated rings. The van der Waals surface area contributed by atoms with Crippen molar-refractivity contribution in [3.8, 4) is 0 Å². The normalized spacial score (nSPS) is 9.86. The van der Waals surface area contributed by atoms with Crippen LogP contribution in [0.1, 0.15) is 12.8 Å². The highest BCUT2D eigenvalue weighted by atomic mass is 28.1. The number of methoxy groups -OCH3 is 1. The minimum atomic E-state index is 0.947. The van der Waals surface area contributed by atoms with Crippen molar-refractivity contribution >= 4 is 10.2 Å². The van der Waals surface area contributed by atoms with Crippen molar-refractivity contribution in [2.45, 2.75) is 18.9 Å². The predicted octanol–water partition coefficient (Wildman–Crippen LogP) is 0.197. The van der Waals surface area contributed by atoms with Crippen LogP contribution in [0.25, 0.3) is 0 Å². The first-order valence-electron chi connectivity index (χ1n) is 2.90. The number of unbranched alkanes of at least 4 members (excludes halogenated alkanes) is 1. The maximum atomic E-state index is 4.86. The van der Waals surface area contributed by atoms with E-state index in [1.165, 1.54) is 29.1 Å². The molecule has 0 N–H and O–H groups in total. The summed E-state index contributed by atoms with van der Waals surface area (Å²) in [6.45, 7) is 0.947. The summed E-state index contributed by atoms with van der Waals surface area (Å²) >= 11 is 0. The minimum absolute atomic E-state index is 0.947. The summed E-state index contributed by atoms with van der Waals surface area (Å²) in [6.07, 6.45) is 2.61. The van der Waals surface area contributed by atoms with Gasteiger partial charge in [-0.25, -0.2) is 0 Å². The number of hydrogen-bond acceptors (Lipinski definition) is 1. The molecule has 0 radical (unpaired) electrons. The summed E-state index contributed by atoms with van der Waals surface area (Å²) in [6, 6.07) is 1.42. The zero-order valence-corrected chi connectivity index (χ0v) is 7.24. The van der Waals surface area contributed by atoms with Gasteiger partial charge in [0.15, 0.2) is 0 Å². The maximum Gasteiger partial charge on any atom is 0.0462 e. The van der Waals surface area contributed by atoms with E-state index in [0.29, 0.717) is 0 Å². The number of ether oxygens (including phenoxy) is 1. The number of rotatable bonds is 4. The Morgan fingerprint density at radius 3 is 2.57 bits per heavy atom. The summed E-state index contributed by atoms with van der Waals surface area (Å²) in [4.78, 5) is 0. The molecule has 0 aliphatic carbocycles. The Morgan fingerprint density at radius 2 is 2.14 bits per heavy atom. The first-order valence-corrected chi connectivity index (χ1v) is 4.32. The van der Waals surface area contributed by atoms with E-state index in [0.717, 1.165) is 6.61 Å². The molecule has 0 heterocycles. The van der Waals surface area contributed by atoms with E-state index in [1.807, 2.05) is 0 Å². The molecule has 0 aliphatic rings. The largest absolute Gasteiger partial charge is 0.385 e. The van der Waals surface area contributed by atoms with Gasteiger partial charge in [0.2, 0.25) is 0 Å². The highest BCUT2D eigenvalue weighted by Crippen LogP contribution is 1.90. The molecule has 0 aliphatic heterocycles. The zero-order valence-electron chi connectivity index (χ0n) is 5.24. The fourth-order valence-electron chi connectivity index (χ4n) is 0.496. The quantitative estimate of drug-likeness (QED) is 0.378. The zero-order chi connectivity index (χ0) is 5.54. The van der Waals surface area contributed by atoms with Crippen molar-refractivity contribution in [3.63, 3.8) is 0 Å². The Morgan fingerprint density at radius 1 is 1.43 bits per heavy atom. The van der Waals surface area contributed by atoms with E-state index in [1.54, 1.807) is 7.11 Å². The van der Waals surface area contributed by atoms with E-state index in [9.17, 15) is 0 Å². The molecule has 0 amide bonds. The van der Waals surface area contributed by atoms with E-state index >= 15 is 0 Å². The highest BCUT2D eigenvalue weighted by molar-refractivity contribution is 6.08. The lowest BCUT2D eigenvalue weighted by Gasteiger charge is -1.92. The van der Waals surface area contributed by atoms with Crippen LogP contribution in [-0.2, 0) is 4.74 Å². The SMILES string of the molecule is COCCCC[SiH3]. The molecule has 0 bridgehead atoms. The molecular weight excluding hydrogens is 104 g/mol. The standard InChI is InChI=1S/C5H14OSi/c1-6-4-2-3-5-7/h2-5H2,1,7H3. The summed E-state index contributed by atoms with van der Waals surface area (Å²) in [5.41, 5.74) is 0. The fourth-order valence-corrected chi connectivity index (χ4v) is 0.996. The van der Waals surface area contributed by atoms with Gasteiger partial charge in [-0.05, 0) is 6.42 Å². The van der Waals surface area contributed by atoms with Crippen molar-refractivity contribution in [1.82, 2.24) is 0 Å². The highest BCUT2D eigenvalue weighted by Gasteiger charge is 1.79. The van der Waals surface area contributed by atoms with E-state index in [-0.39, 0.29) is 0 Å². The molecule has 0 spiro atoms. The van der Waals surface area contributed by atoms with E-state index < -0.39 is 0 Å². The van der Waals surface area contributed by atoms with Crippen molar-refractivity contribution in [2.24, 2.45) is 0 Å². The third-order valence-electron chi connectivity index (χ3n) is 0.952. The Labute approximate surface area is 48.5 Å². The van der Waals surface area contributed by atoms with Gasteiger partial charge in [0.05, 0.1) is 0 Å². The molecule has 1 nitrogen and oxygen atoms in total. The monoisotopic (exact) mass is 118 g/mol. The van der Waals surface area contributed by atoms with Crippen LogP contribution in [0.3, 0.4) is 0 Å². The van der Waals surface area contributed by atoms with Gasteiger partial charge in [0.25, 0.3) is 0 Å². The molecular formula is C5H14OSi. The Hall–Kier alpha value is 0.177. The van der Waals surface area contributed by atoms with Gasteiger partial charge >= 0.3 is 0 Å². The van der Waals surface area contributed by atoms with Crippen LogP contribution in [0.4, 0.5) is 0 Å². The first kappa shape index (κ1) is 7.18. The van der Waals surface area contributed by atoms with Crippen LogP contribution < -0.4 is 0 Å². The average molecular weight is 118 g/mol. The molecule has 0 aromatic rings. The van der Waals surface area contributed by atoms with Crippen LogP contribution in [0.2, 0.25) is 6.04 Å². The van der Waals surface area contributed by atoms with E-state index in [2.05, 4.69) is 0 Å². The van der Waals surface area contributed by atoms with Crippen molar-refractivity contribution < 1.29 is 4.74 Å². The second kappa shape index (κ2) is 6.18. The van der Waals surface area contributed by atoms with Gasteiger partial charge in [-0.1, -0.05) is 12.5 Å². The molecule has 0 saturated heterocycles. The van der Waals surface area contributed by atoms with Gasteiger partial charge in [-0.2, -0.15) is 0 Å². The van der Waals surface area contributed by atoms with Crippen LogP contribution in [0.5, 0.6) is 0 Å². The molecule has 44 valence electrons. The van der Waals surface area contributed by atoms with Crippen LogP contribution in [0.15, 0.2) is 0 Å². The topological polar surface area (TPSA) is 9.23 Å². The summed E-state index contributed by atoms with van der Waals surface area (Å²) < 4.78 is 4.86. The van der Waals surface area contributed by atoms with E-state index in [4.69, 9.17) is 4.74 Å². The van der Waals surface area contributed by atoms with Crippen molar-refractivity contribution in [3.05, 3.63) is 0 Å².